The Morgan fingerprint density at radius 3 is 2.21 bits per heavy atom. The van der Waals surface area contributed by atoms with Crippen LogP contribution in [0.1, 0.15) is 18.3 Å². The van der Waals surface area contributed by atoms with Crippen LogP contribution in [-0.2, 0) is 28.4 Å². The van der Waals surface area contributed by atoms with Crippen LogP contribution in [0.15, 0.2) is 84.2 Å². The highest BCUT2D eigenvalue weighted by Crippen LogP contribution is 2.40. The maximum atomic E-state index is 12.7. The van der Waals surface area contributed by atoms with E-state index < -0.39 is 5.79 Å². The second-order valence-electron chi connectivity index (χ2n) is 11.8. The molecule has 4 heterocycles. The molecule has 2 saturated heterocycles. The molecular weight excluding hydrogens is 655 g/mol. The van der Waals surface area contributed by atoms with Crippen molar-refractivity contribution in [3.05, 3.63) is 111 Å². The Labute approximate surface area is 288 Å². The van der Waals surface area contributed by atoms with Gasteiger partial charge in [0.1, 0.15) is 43.5 Å². The summed E-state index contributed by atoms with van der Waals surface area (Å²) < 4.78 is 23.6. The van der Waals surface area contributed by atoms with E-state index in [0.29, 0.717) is 41.2 Å². The summed E-state index contributed by atoms with van der Waals surface area (Å²) in [5.74, 6) is 0.272. The summed E-state index contributed by atoms with van der Waals surface area (Å²) in [6, 6.07) is 21.5. The number of hydrogen-bond donors (Lipinski definition) is 0. The second-order valence-corrected chi connectivity index (χ2v) is 12.6. The molecule has 12 nitrogen and oxygen atoms in total. The van der Waals surface area contributed by atoms with Crippen LogP contribution < -0.4 is 20.2 Å². The topological polar surface area (TPSA) is 105 Å². The molecule has 2 aliphatic heterocycles. The van der Waals surface area contributed by atoms with E-state index in [9.17, 15) is 4.79 Å². The summed E-state index contributed by atoms with van der Waals surface area (Å²) in [6.45, 7) is 8.75. The van der Waals surface area contributed by atoms with E-state index in [1.165, 1.54) is 11.0 Å². The Morgan fingerprint density at radius 2 is 1.60 bits per heavy atom. The Balaban J connectivity index is 0.934. The fourth-order valence-corrected chi connectivity index (χ4v) is 6.83. The van der Waals surface area contributed by atoms with Crippen LogP contribution in [0.2, 0.25) is 10.0 Å². The molecule has 48 heavy (non-hydrogen) atoms. The van der Waals surface area contributed by atoms with Gasteiger partial charge in [0.25, 0.3) is 0 Å². The normalized spacial score (nSPS) is 19.6. The SMILES string of the molecule is CCn1nc(C)n(-c2ccc(N3CCN(c4ccc(OCC5COC(Cn6cncn6)(c6ccc(Cl)cc6Cl)O5)cc4)CC3)cc2)c1=O. The first-order valence-electron chi connectivity index (χ1n) is 15.9. The van der Waals surface area contributed by atoms with Crippen molar-refractivity contribution in [1.82, 2.24) is 29.1 Å². The highest BCUT2D eigenvalue weighted by atomic mass is 35.5. The standard InChI is InChI=1S/C34H36Cl2N8O4/c1-3-43-33(45)44(24(2)39-43)28-7-5-26(6-8-28)40-14-16-41(17-15-40)27-9-11-29(12-10-27)46-19-30-20-47-34(48-30,21-42-23-37-22-38-42)31-13-4-25(35)18-32(31)36/h4-13,18,22-23,30H,3,14-17,19-21H2,1-2H3. The fraction of sp³-hybridized carbons (Fsp3) is 0.353. The Bertz CT molecular complexity index is 1910. The quantitative estimate of drug-likeness (QED) is 0.202. The van der Waals surface area contributed by atoms with Gasteiger partial charge in [-0.25, -0.2) is 23.7 Å². The van der Waals surface area contributed by atoms with Gasteiger partial charge in [0.2, 0.25) is 5.79 Å². The lowest BCUT2D eigenvalue weighted by Gasteiger charge is -2.37. The first kappa shape index (κ1) is 32.2. The summed E-state index contributed by atoms with van der Waals surface area (Å²) in [4.78, 5) is 21.4. The summed E-state index contributed by atoms with van der Waals surface area (Å²) in [6.07, 6.45) is 2.74. The third kappa shape index (κ3) is 6.53. The summed E-state index contributed by atoms with van der Waals surface area (Å²) in [7, 11) is 0. The van der Waals surface area contributed by atoms with E-state index in [4.69, 9.17) is 37.4 Å². The average Bonchev–Trinajstić information content (AvgIpc) is 3.84. The minimum Gasteiger partial charge on any atom is -0.491 e. The van der Waals surface area contributed by atoms with E-state index in [1.807, 2.05) is 44.2 Å². The van der Waals surface area contributed by atoms with Gasteiger partial charge >= 0.3 is 5.69 Å². The van der Waals surface area contributed by atoms with Crippen molar-refractivity contribution in [1.29, 1.82) is 0 Å². The van der Waals surface area contributed by atoms with Crippen LogP contribution in [0.5, 0.6) is 5.75 Å². The molecule has 250 valence electrons. The molecule has 0 bridgehead atoms. The van der Waals surface area contributed by atoms with Crippen molar-refractivity contribution in [2.24, 2.45) is 0 Å². The molecule has 2 aliphatic rings. The number of piperazine rings is 1. The van der Waals surface area contributed by atoms with Crippen LogP contribution in [0.4, 0.5) is 11.4 Å². The molecule has 5 aromatic rings. The van der Waals surface area contributed by atoms with Gasteiger partial charge in [-0.3, -0.25) is 0 Å². The number of hydrogen-bond acceptors (Lipinski definition) is 9. The summed E-state index contributed by atoms with van der Waals surface area (Å²) in [5, 5.41) is 9.55. The minimum absolute atomic E-state index is 0.116. The number of anilines is 2. The molecule has 0 amide bonds. The van der Waals surface area contributed by atoms with Gasteiger partial charge in [-0.2, -0.15) is 10.2 Å². The molecule has 0 saturated carbocycles. The molecule has 2 atom stereocenters. The van der Waals surface area contributed by atoms with Gasteiger partial charge in [-0.1, -0.05) is 29.3 Å². The monoisotopic (exact) mass is 690 g/mol. The number of halogens is 2. The zero-order chi connectivity index (χ0) is 33.3. The zero-order valence-electron chi connectivity index (χ0n) is 26.7. The third-order valence-corrected chi connectivity index (χ3v) is 9.28. The van der Waals surface area contributed by atoms with Crippen LogP contribution in [0, 0.1) is 6.92 Å². The van der Waals surface area contributed by atoms with Crippen LogP contribution in [0.3, 0.4) is 0 Å². The van der Waals surface area contributed by atoms with E-state index in [0.717, 1.165) is 49.0 Å². The minimum atomic E-state index is -1.16. The molecule has 0 radical (unpaired) electrons. The van der Waals surface area contributed by atoms with E-state index in [2.05, 4.69) is 49.2 Å². The van der Waals surface area contributed by atoms with Crippen molar-refractivity contribution in [3.63, 3.8) is 0 Å². The third-order valence-electron chi connectivity index (χ3n) is 8.73. The van der Waals surface area contributed by atoms with Crippen molar-refractivity contribution < 1.29 is 14.2 Å². The van der Waals surface area contributed by atoms with Crippen molar-refractivity contribution in [3.8, 4) is 11.4 Å². The number of nitrogens with zero attached hydrogens (tertiary/aromatic N) is 8. The van der Waals surface area contributed by atoms with Gasteiger partial charge in [-0.15, -0.1) is 0 Å². The van der Waals surface area contributed by atoms with Crippen LogP contribution in [0.25, 0.3) is 5.69 Å². The first-order valence-corrected chi connectivity index (χ1v) is 16.7. The Morgan fingerprint density at radius 1 is 0.938 bits per heavy atom. The predicted molar refractivity (Wildman–Crippen MR) is 184 cm³/mol. The van der Waals surface area contributed by atoms with Crippen LogP contribution >= 0.6 is 23.2 Å². The summed E-state index contributed by atoms with van der Waals surface area (Å²) in [5.41, 5.74) is 3.66. The van der Waals surface area contributed by atoms with E-state index >= 15 is 0 Å². The zero-order valence-corrected chi connectivity index (χ0v) is 28.2. The number of aromatic nitrogens is 6. The van der Waals surface area contributed by atoms with Gasteiger partial charge in [0, 0.05) is 54.7 Å². The van der Waals surface area contributed by atoms with Crippen molar-refractivity contribution >= 4 is 34.6 Å². The van der Waals surface area contributed by atoms with Gasteiger partial charge in [0.15, 0.2) is 0 Å². The molecule has 14 heteroatoms. The number of rotatable bonds is 10. The average molecular weight is 692 g/mol. The maximum Gasteiger partial charge on any atom is 0.350 e. The molecular formula is C34H36Cl2N8O4. The number of ether oxygens (including phenoxy) is 3. The van der Waals surface area contributed by atoms with Crippen molar-refractivity contribution in [2.45, 2.75) is 38.8 Å². The predicted octanol–water partition coefficient (Wildman–Crippen LogP) is 4.93. The number of benzene rings is 3. The molecule has 0 N–H and O–H groups in total. The molecule has 2 unspecified atom stereocenters. The van der Waals surface area contributed by atoms with Crippen molar-refractivity contribution in [2.75, 3.05) is 49.2 Å². The highest BCUT2D eigenvalue weighted by molar-refractivity contribution is 6.35. The molecule has 2 aromatic heterocycles. The van der Waals surface area contributed by atoms with E-state index in [1.54, 1.807) is 27.7 Å². The highest BCUT2D eigenvalue weighted by Gasteiger charge is 2.45. The lowest BCUT2D eigenvalue weighted by Crippen LogP contribution is -2.46. The molecule has 2 fully saturated rings. The molecule has 3 aromatic carbocycles. The lowest BCUT2D eigenvalue weighted by atomic mass is 10.1. The van der Waals surface area contributed by atoms with Gasteiger partial charge < -0.3 is 24.0 Å². The van der Waals surface area contributed by atoms with E-state index in [-0.39, 0.29) is 18.3 Å². The second kappa shape index (κ2) is 13.6. The van der Waals surface area contributed by atoms with Gasteiger partial charge in [0.05, 0.1) is 17.3 Å². The van der Waals surface area contributed by atoms with Crippen LogP contribution in [-0.4, -0.2) is 74.6 Å². The number of aryl methyl sites for hydroxylation is 2. The van der Waals surface area contributed by atoms with Gasteiger partial charge in [-0.05, 0) is 74.5 Å². The molecule has 0 aliphatic carbocycles. The molecule has 7 rings (SSSR count). The Kier molecular flexibility index (Phi) is 9.15. The smallest absolute Gasteiger partial charge is 0.350 e. The largest absolute Gasteiger partial charge is 0.491 e. The Hall–Kier alpha value is -4.36. The molecule has 0 spiro atoms. The lowest BCUT2D eigenvalue weighted by molar-refractivity contribution is -0.190. The first-order chi connectivity index (χ1) is 23.3. The summed E-state index contributed by atoms with van der Waals surface area (Å²) >= 11 is 12.7. The fourth-order valence-electron chi connectivity index (χ4n) is 6.28. The maximum absolute atomic E-state index is 12.7.